The molecule has 0 saturated heterocycles. The van der Waals surface area contributed by atoms with E-state index in [9.17, 15) is 4.79 Å². The third kappa shape index (κ3) is 3.30. The number of nitrogens with one attached hydrogen (secondary N) is 2. The summed E-state index contributed by atoms with van der Waals surface area (Å²) in [6.45, 7) is 2.52. The third-order valence-corrected chi connectivity index (χ3v) is 2.52. The first-order valence-electron chi connectivity index (χ1n) is 5.54. The summed E-state index contributed by atoms with van der Waals surface area (Å²) in [5.74, 6) is 0.720. The highest BCUT2D eigenvalue weighted by atomic mass is 16.5. The first-order valence-corrected chi connectivity index (χ1v) is 5.54. The molecule has 1 unspecified atom stereocenters. The van der Waals surface area contributed by atoms with Crippen LogP contribution >= 0.6 is 0 Å². The summed E-state index contributed by atoms with van der Waals surface area (Å²) >= 11 is 0. The van der Waals surface area contributed by atoms with E-state index in [4.69, 9.17) is 0 Å². The zero-order valence-corrected chi connectivity index (χ0v) is 9.27. The van der Waals surface area contributed by atoms with Crippen LogP contribution in [-0.2, 0) is 11.2 Å². The molecule has 1 amide bonds. The summed E-state index contributed by atoms with van der Waals surface area (Å²) in [4.78, 5) is 15.5. The summed E-state index contributed by atoms with van der Waals surface area (Å²) in [7, 11) is 0. The summed E-state index contributed by atoms with van der Waals surface area (Å²) in [5, 5.41) is 9.76. The monoisotopic (exact) mass is 224 g/mol. The highest BCUT2D eigenvalue weighted by molar-refractivity contribution is 5.81. The molecule has 0 bridgehead atoms. The van der Waals surface area contributed by atoms with E-state index in [-0.39, 0.29) is 11.9 Å². The summed E-state index contributed by atoms with van der Waals surface area (Å²) in [6, 6.07) is 0.237. The Hall–Kier alpha value is -1.43. The quantitative estimate of drug-likeness (QED) is 0.703. The highest BCUT2D eigenvalue weighted by Gasteiger charge is 2.25. The Bertz CT molecular complexity index is 335. The van der Waals surface area contributed by atoms with Crippen LogP contribution in [0.4, 0.5) is 0 Å². The molecular formula is C10H16N4O2. The van der Waals surface area contributed by atoms with Crippen LogP contribution in [0.1, 0.15) is 25.6 Å². The van der Waals surface area contributed by atoms with Crippen LogP contribution in [0, 0.1) is 0 Å². The number of rotatable bonds is 6. The first kappa shape index (κ1) is 11.1. The fourth-order valence-electron chi connectivity index (χ4n) is 1.35. The molecule has 2 N–H and O–H groups in total. The smallest absolute Gasteiger partial charge is 0.237 e. The van der Waals surface area contributed by atoms with Gasteiger partial charge in [0.1, 0.15) is 0 Å². The summed E-state index contributed by atoms with van der Waals surface area (Å²) in [5.41, 5.74) is 0. The second kappa shape index (κ2) is 5.07. The zero-order valence-electron chi connectivity index (χ0n) is 9.27. The highest BCUT2D eigenvalue weighted by Crippen LogP contribution is 2.18. The Labute approximate surface area is 93.8 Å². The van der Waals surface area contributed by atoms with E-state index in [1.54, 1.807) is 0 Å². The van der Waals surface area contributed by atoms with Crippen molar-refractivity contribution in [3.63, 3.8) is 0 Å². The minimum absolute atomic E-state index is 0.0654. The van der Waals surface area contributed by atoms with Crippen molar-refractivity contribution in [1.82, 2.24) is 20.8 Å². The molecule has 1 aromatic rings. The van der Waals surface area contributed by atoms with E-state index in [1.165, 1.54) is 6.39 Å². The third-order valence-electron chi connectivity index (χ3n) is 2.52. The topological polar surface area (TPSA) is 80.1 Å². The Morgan fingerprint density at radius 2 is 2.50 bits per heavy atom. The van der Waals surface area contributed by atoms with Gasteiger partial charge in [-0.2, -0.15) is 4.98 Å². The normalized spacial score (nSPS) is 17.1. The van der Waals surface area contributed by atoms with E-state index in [0.717, 1.165) is 12.8 Å². The number of carbonyl (C=O) groups is 1. The molecule has 6 nitrogen and oxygen atoms in total. The number of nitrogens with zero attached hydrogens (tertiary/aromatic N) is 2. The second-order valence-corrected chi connectivity index (χ2v) is 4.06. The van der Waals surface area contributed by atoms with Crippen molar-refractivity contribution in [3.8, 4) is 0 Å². The predicted molar refractivity (Wildman–Crippen MR) is 56.6 cm³/mol. The Balaban J connectivity index is 1.62. The largest absolute Gasteiger partial charge is 0.352 e. The Morgan fingerprint density at radius 3 is 3.12 bits per heavy atom. The van der Waals surface area contributed by atoms with Gasteiger partial charge in [-0.1, -0.05) is 5.16 Å². The van der Waals surface area contributed by atoms with Gasteiger partial charge >= 0.3 is 0 Å². The molecule has 1 saturated carbocycles. The number of carbonyl (C=O) groups excluding carboxylic acids is 1. The van der Waals surface area contributed by atoms with Crippen LogP contribution in [0.2, 0.25) is 0 Å². The van der Waals surface area contributed by atoms with Crippen LogP contribution in [0.15, 0.2) is 10.9 Å². The van der Waals surface area contributed by atoms with Gasteiger partial charge in [0.05, 0.1) is 6.04 Å². The fourth-order valence-corrected chi connectivity index (χ4v) is 1.35. The molecule has 0 spiro atoms. The summed E-state index contributed by atoms with van der Waals surface area (Å²) in [6.07, 6.45) is 4.19. The number of aromatic nitrogens is 2. The molecule has 1 aliphatic rings. The van der Waals surface area contributed by atoms with Crippen molar-refractivity contribution in [3.05, 3.63) is 12.2 Å². The summed E-state index contributed by atoms with van der Waals surface area (Å²) < 4.78 is 4.61. The van der Waals surface area contributed by atoms with Gasteiger partial charge in [-0.3, -0.25) is 4.79 Å². The van der Waals surface area contributed by atoms with Crippen molar-refractivity contribution >= 4 is 5.91 Å². The van der Waals surface area contributed by atoms with Crippen LogP contribution < -0.4 is 10.6 Å². The molecule has 0 radical (unpaired) electrons. The average Bonchev–Trinajstić information content (AvgIpc) is 2.93. The molecule has 0 aliphatic heterocycles. The van der Waals surface area contributed by atoms with Gasteiger partial charge in [-0.25, -0.2) is 0 Å². The lowest BCUT2D eigenvalue weighted by Gasteiger charge is -2.12. The van der Waals surface area contributed by atoms with Gasteiger partial charge in [0.2, 0.25) is 12.3 Å². The molecule has 16 heavy (non-hydrogen) atoms. The molecule has 1 fully saturated rings. The number of hydrogen-bond acceptors (Lipinski definition) is 5. The van der Waals surface area contributed by atoms with E-state index >= 15 is 0 Å². The van der Waals surface area contributed by atoms with Crippen molar-refractivity contribution in [2.75, 3.05) is 6.54 Å². The maximum atomic E-state index is 11.6. The van der Waals surface area contributed by atoms with Crippen molar-refractivity contribution in [2.45, 2.75) is 38.3 Å². The lowest BCUT2D eigenvalue weighted by Crippen LogP contribution is -2.43. The SMILES string of the molecule is CC(NCCc1ncon1)C(=O)NC1CC1. The van der Waals surface area contributed by atoms with Crippen LogP contribution in [0.25, 0.3) is 0 Å². The van der Waals surface area contributed by atoms with E-state index in [0.29, 0.717) is 24.8 Å². The fraction of sp³-hybridized carbons (Fsp3) is 0.700. The molecular weight excluding hydrogens is 208 g/mol. The lowest BCUT2D eigenvalue weighted by atomic mass is 10.3. The zero-order chi connectivity index (χ0) is 11.4. The van der Waals surface area contributed by atoms with Gasteiger partial charge in [0, 0.05) is 19.0 Å². The van der Waals surface area contributed by atoms with E-state index < -0.39 is 0 Å². The first-order chi connectivity index (χ1) is 7.75. The molecule has 0 aromatic carbocycles. The molecule has 1 atom stereocenters. The minimum Gasteiger partial charge on any atom is -0.352 e. The van der Waals surface area contributed by atoms with Crippen LogP contribution in [0.3, 0.4) is 0 Å². The Morgan fingerprint density at radius 1 is 1.69 bits per heavy atom. The molecule has 1 aliphatic carbocycles. The van der Waals surface area contributed by atoms with Gasteiger partial charge < -0.3 is 15.2 Å². The van der Waals surface area contributed by atoms with Crippen molar-refractivity contribution < 1.29 is 9.32 Å². The minimum atomic E-state index is -0.174. The molecule has 1 aromatic heterocycles. The van der Waals surface area contributed by atoms with Crippen molar-refractivity contribution in [1.29, 1.82) is 0 Å². The average molecular weight is 224 g/mol. The van der Waals surface area contributed by atoms with Gasteiger partial charge in [0.25, 0.3) is 0 Å². The van der Waals surface area contributed by atoms with Gasteiger partial charge in [0.15, 0.2) is 5.82 Å². The predicted octanol–water partition coefficient (Wildman–Crippen LogP) is -0.131. The molecule has 1 heterocycles. The maximum absolute atomic E-state index is 11.6. The molecule has 2 rings (SSSR count). The Kier molecular flexibility index (Phi) is 3.51. The lowest BCUT2D eigenvalue weighted by molar-refractivity contribution is -0.122. The van der Waals surface area contributed by atoms with Crippen LogP contribution in [0.5, 0.6) is 0 Å². The van der Waals surface area contributed by atoms with Gasteiger partial charge in [-0.15, -0.1) is 0 Å². The van der Waals surface area contributed by atoms with E-state index in [2.05, 4.69) is 25.3 Å². The van der Waals surface area contributed by atoms with Gasteiger partial charge in [-0.05, 0) is 19.8 Å². The van der Waals surface area contributed by atoms with Crippen LogP contribution in [-0.4, -0.2) is 34.7 Å². The van der Waals surface area contributed by atoms with E-state index in [1.807, 2.05) is 6.92 Å². The van der Waals surface area contributed by atoms with Crippen molar-refractivity contribution in [2.24, 2.45) is 0 Å². The number of amides is 1. The maximum Gasteiger partial charge on any atom is 0.237 e. The second-order valence-electron chi connectivity index (χ2n) is 4.06. The number of hydrogen-bond donors (Lipinski definition) is 2. The molecule has 88 valence electrons. The standard InChI is InChI=1S/C10H16N4O2/c1-7(10(15)13-8-2-3-8)11-5-4-9-12-6-16-14-9/h6-8,11H,2-5H2,1H3,(H,13,15). The molecule has 6 heteroatoms.